The van der Waals surface area contributed by atoms with Crippen molar-refractivity contribution < 1.29 is 18.3 Å². The summed E-state index contributed by atoms with van der Waals surface area (Å²) in [4.78, 5) is 14.2. The Morgan fingerprint density at radius 2 is 2.08 bits per heavy atom. The van der Waals surface area contributed by atoms with E-state index in [9.17, 15) is 18.3 Å². The number of nitrogens with one attached hydrogen (secondary N) is 3. The minimum atomic E-state index is -3.36. The molecule has 2 rings (SSSR count). The number of urea groups is 1. The molecule has 8 nitrogen and oxygen atoms in total. The van der Waals surface area contributed by atoms with Crippen LogP contribution in [0.3, 0.4) is 0 Å². The molecule has 140 valence electrons. The predicted molar refractivity (Wildman–Crippen MR) is 98.2 cm³/mol. The summed E-state index contributed by atoms with van der Waals surface area (Å²) < 4.78 is 24.9. The molecule has 1 unspecified atom stereocenters. The highest BCUT2D eigenvalue weighted by Gasteiger charge is 2.20. The van der Waals surface area contributed by atoms with Crippen molar-refractivity contribution in [1.82, 2.24) is 10.2 Å². The fraction of sp³-hybridized carbons (Fsp3) is 0.562. The van der Waals surface area contributed by atoms with Gasteiger partial charge in [-0.05, 0) is 37.6 Å². The van der Waals surface area contributed by atoms with Crippen molar-refractivity contribution in [1.29, 1.82) is 0 Å². The standard InChI is InChI=1S/C16H26N4O4S/c1-25(23,24)19-14-6-4-5-13(11-14)18-16(22)17-8-10-20-9-3-2-7-15(20)12-21/h4-6,11,15,19,21H,2-3,7-10,12H2,1H3,(H2,17,18,22). The summed E-state index contributed by atoms with van der Waals surface area (Å²) in [7, 11) is -3.36. The maximum Gasteiger partial charge on any atom is 0.319 e. The van der Waals surface area contributed by atoms with Crippen molar-refractivity contribution in [2.45, 2.75) is 25.3 Å². The zero-order chi connectivity index (χ0) is 18.3. The Morgan fingerprint density at radius 3 is 2.80 bits per heavy atom. The molecule has 9 heteroatoms. The number of carbonyl (C=O) groups is 1. The number of nitrogens with zero attached hydrogens (tertiary/aromatic N) is 1. The maximum atomic E-state index is 12.0. The molecule has 1 atom stereocenters. The van der Waals surface area contributed by atoms with Crippen molar-refractivity contribution in [2.75, 3.05) is 42.5 Å². The van der Waals surface area contributed by atoms with Gasteiger partial charge in [-0.1, -0.05) is 12.5 Å². The van der Waals surface area contributed by atoms with Crippen LogP contribution >= 0.6 is 0 Å². The van der Waals surface area contributed by atoms with Gasteiger partial charge in [-0.15, -0.1) is 0 Å². The molecule has 2 amide bonds. The first-order valence-corrected chi connectivity index (χ1v) is 10.2. The van der Waals surface area contributed by atoms with E-state index in [-0.39, 0.29) is 18.7 Å². The van der Waals surface area contributed by atoms with Crippen LogP contribution in [0.2, 0.25) is 0 Å². The van der Waals surface area contributed by atoms with Crippen LogP contribution in [0.1, 0.15) is 19.3 Å². The normalized spacial score (nSPS) is 18.6. The van der Waals surface area contributed by atoms with Crippen LogP contribution in [0.25, 0.3) is 0 Å². The number of hydrogen-bond acceptors (Lipinski definition) is 5. The van der Waals surface area contributed by atoms with E-state index in [0.717, 1.165) is 32.1 Å². The van der Waals surface area contributed by atoms with Crippen LogP contribution in [0.5, 0.6) is 0 Å². The number of hydrogen-bond donors (Lipinski definition) is 4. The van der Waals surface area contributed by atoms with Crippen molar-refractivity contribution in [3.63, 3.8) is 0 Å². The van der Waals surface area contributed by atoms with Gasteiger partial charge < -0.3 is 15.7 Å². The molecule has 0 aliphatic carbocycles. The number of piperidine rings is 1. The number of carbonyl (C=O) groups excluding carboxylic acids is 1. The average Bonchev–Trinajstić information content (AvgIpc) is 2.54. The molecule has 1 aromatic rings. The average molecular weight is 370 g/mol. The fourth-order valence-corrected chi connectivity index (χ4v) is 3.48. The number of rotatable bonds is 7. The van der Waals surface area contributed by atoms with Crippen LogP contribution in [0.15, 0.2) is 24.3 Å². The Bertz CT molecular complexity index is 680. The van der Waals surface area contributed by atoms with Crippen molar-refractivity contribution in [2.24, 2.45) is 0 Å². The highest BCUT2D eigenvalue weighted by molar-refractivity contribution is 7.92. The molecule has 1 aliphatic rings. The first kappa shape index (κ1) is 19.5. The lowest BCUT2D eigenvalue weighted by Gasteiger charge is -2.34. The van der Waals surface area contributed by atoms with Crippen LogP contribution < -0.4 is 15.4 Å². The van der Waals surface area contributed by atoms with E-state index in [1.165, 1.54) is 0 Å². The topological polar surface area (TPSA) is 111 Å². The first-order valence-electron chi connectivity index (χ1n) is 8.35. The van der Waals surface area contributed by atoms with Crippen LogP contribution in [0, 0.1) is 0 Å². The van der Waals surface area contributed by atoms with E-state index in [2.05, 4.69) is 20.3 Å². The zero-order valence-electron chi connectivity index (χ0n) is 14.4. The predicted octanol–water partition coefficient (Wildman–Crippen LogP) is 1.03. The minimum absolute atomic E-state index is 0.145. The monoisotopic (exact) mass is 370 g/mol. The summed E-state index contributed by atoms with van der Waals surface area (Å²) in [6.07, 6.45) is 4.30. The van der Waals surface area contributed by atoms with Gasteiger partial charge in [0.2, 0.25) is 10.0 Å². The Kier molecular flexibility index (Phi) is 7.03. The smallest absolute Gasteiger partial charge is 0.319 e. The van der Waals surface area contributed by atoms with Gasteiger partial charge in [0.05, 0.1) is 18.6 Å². The molecule has 1 saturated heterocycles. The summed E-state index contributed by atoms with van der Waals surface area (Å²) in [5.41, 5.74) is 0.886. The number of anilines is 2. The van der Waals surface area contributed by atoms with Crippen molar-refractivity contribution >= 4 is 27.4 Å². The Balaban J connectivity index is 1.79. The molecule has 1 heterocycles. The number of benzene rings is 1. The molecule has 25 heavy (non-hydrogen) atoms. The maximum absolute atomic E-state index is 12.0. The van der Waals surface area contributed by atoms with Crippen molar-refractivity contribution in [3.8, 4) is 0 Å². The van der Waals surface area contributed by atoms with Gasteiger partial charge in [-0.2, -0.15) is 0 Å². The molecule has 4 N–H and O–H groups in total. The number of aliphatic hydroxyl groups is 1. The molecule has 0 radical (unpaired) electrons. The highest BCUT2D eigenvalue weighted by atomic mass is 32.2. The zero-order valence-corrected chi connectivity index (χ0v) is 15.2. The van der Waals surface area contributed by atoms with E-state index < -0.39 is 10.0 Å². The largest absolute Gasteiger partial charge is 0.395 e. The van der Waals surface area contributed by atoms with E-state index in [4.69, 9.17) is 0 Å². The first-order chi connectivity index (χ1) is 11.9. The molecule has 1 aromatic carbocycles. The molecule has 0 spiro atoms. The van der Waals surface area contributed by atoms with Gasteiger partial charge in [0, 0.05) is 24.8 Å². The number of sulfonamides is 1. The molecule has 1 aliphatic heterocycles. The third-order valence-electron chi connectivity index (χ3n) is 4.07. The third kappa shape index (κ3) is 6.89. The highest BCUT2D eigenvalue weighted by Crippen LogP contribution is 2.17. The van der Waals surface area contributed by atoms with Gasteiger partial charge >= 0.3 is 6.03 Å². The Hall–Kier alpha value is -1.84. The molecule has 0 bridgehead atoms. The second-order valence-corrected chi connectivity index (χ2v) is 7.95. The van der Waals surface area contributed by atoms with Gasteiger partial charge in [-0.3, -0.25) is 9.62 Å². The van der Waals surface area contributed by atoms with Gasteiger partial charge in [0.25, 0.3) is 0 Å². The summed E-state index contributed by atoms with van der Waals surface area (Å²) in [5, 5.41) is 14.8. The van der Waals surface area contributed by atoms with Gasteiger partial charge in [0.15, 0.2) is 0 Å². The summed E-state index contributed by atoms with van der Waals surface area (Å²) >= 11 is 0. The van der Waals surface area contributed by atoms with Gasteiger partial charge in [-0.25, -0.2) is 13.2 Å². The lowest BCUT2D eigenvalue weighted by atomic mass is 10.0. The van der Waals surface area contributed by atoms with E-state index >= 15 is 0 Å². The van der Waals surface area contributed by atoms with Crippen LogP contribution in [-0.4, -0.2) is 63.0 Å². The van der Waals surface area contributed by atoms with Gasteiger partial charge in [0.1, 0.15) is 0 Å². The molecule has 1 fully saturated rings. The number of likely N-dealkylation sites (tertiary alicyclic amines) is 1. The number of aliphatic hydroxyl groups excluding tert-OH is 1. The van der Waals surface area contributed by atoms with Crippen LogP contribution in [-0.2, 0) is 10.0 Å². The Morgan fingerprint density at radius 1 is 1.32 bits per heavy atom. The lowest BCUT2D eigenvalue weighted by Crippen LogP contribution is -2.46. The van der Waals surface area contributed by atoms with E-state index in [1.54, 1.807) is 24.3 Å². The van der Waals surface area contributed by atoms with Crippen molar-refractivity contribution in [3.05, 3.63) is 24.3 Å². The summed E-state index contributed by atoms with van der Waals surface area (Å²) in [6, 6.07) is 6.32. The molecule has 0 saturated carbocycles. The van der Waals surface area contributed by atoms with E-state index in [0.29, 0.717) is 24.5 Å². The summed E-state index contributed by atoms with van der Waals surface area (Å²) in [5.74, 6) is 0. The second-order valence-electron chi connectivity index (χ2n) is 6.20. The quantitative estimate of drug-likeness (QED) is 0.573. The molecular weight excluding hydrogens is 344 g/mol. The number of amides is 2. The lowest BCUT2D eigenvalue weighted by molar-refractivity contribution is 0.0917. The van der Waals surface area contributed by atoms with E-state index in [1.807, 2.05) is 0 Å². The third-order valence-corrected chi connectivity index (χ3v) is 4.67. The SMILES string of the molecule is CS(=O)(=O)Nc1cccc(NC(=O)NCCN2CCCCC2CO)c1. The minimum Gasteiger partial charge on any atom is -0.395 e. The molecular formula is C16H26N4O4S. The molecule has 0 aromatic heterocycles. The van der Waals surface area contributed by atoms with Crippen LogP contribution in [0.4, 0.5) is 16.2 Å². The second kappa shape index (κ2) is 9.02. The fourth-order valence-electron chi connectivity index (χ4n) is 2.92. The summed E-state index contributed by atoms with van der Waals surface area (Å²) in [6.45, 7) is 2.25. The Labute approximate surface area is 148 Å².